The first kappa shape index (κ1) is 19.3. The number of carbonyl (C=O) groups is 1. The van der Waals surface area contributed by atoms with Crippen molar-refractivity contribution in [2.75, 3.05) is 0 Å². The van der Waals surface area contributed by atoms with E-state index >= 15 is 0 Å². The maximum Gasteiger partial charge on any atom is 0.225 e. The molecule has 0 aliphatic rings. The maximum atomic E-state index is 12.6. The molecule has 4 aromatic rings. The molecule has 29 heavy (non-hydrogen) atoms. The number of aromatic nitrogens is 3. The number of nitrogens with zero attached hydrogens (tertiary/aromatic N) is 3. The number of nitrogens with one attached hydrogen (secondary N) is 1. The highest BCUT2D eigenvalue weighted by Crippen LogP contribution is 2.26. The van der Waals surface area contributed by atoms with Gasteiger partial charge in [0.15, 0.2) is 0 Å². The zero-order valence-corrected chi connectivity index (χ0v) is 17.9. The average molecular weight is 405 g/mol. The molecule has 0 unspecified atom stereocenters. The monoisotopic (exact) mass is 404 g/mol. The average Bonchev–Trinajstić information content (AvgIpc) is 3.22. The van der Waals surface area contributed by atoms with Gasteiger partial charge in [-0.25, -0.2) is 9.67 Å². The highest BCUT2D eigenvalue weighted by Gasteiger charge is 2.18. The van der Waals surface area contributed by atoms with Gasteiger partial charge >= 0.3 is 0 Å². The van der Waals surface area contributed by atoms with Gasteiger partial charge in [-0.2, -0.15) is 5.10 Å². The molecule has 4 rings (SSSR count). The summed E-state index contributed by atoms with van der Waals surface area (Å²) >= 11 is 1.58. The molecule has 1 atom stereocenters. The molecule has 2 aromatic carbocycles. The predicted molar refractivity (Wildman–Crippen MR) is 118 cm³/mol. The van der Waals surface area contributed by atoms with Crippen LogP contribution in [0.15, 0.2) is 48.7 Å². The van der Waals surface area contributed by atoms with Crippen molar-refractivity contribution in [3.63, 3.8) is 0 Å². The van der Waals surface area contributed by atoms with Crippen molar-refractivity contribution in [2.45, 2.75) is 40.2 Å². The van der Waals surface area contributed by atoms with Crippen molar-refractivity contribution < 1.29 is 4.79 Å². The number of aryl methyl sites for hydroxylation is 2. The molecule has 1 N–H and O–H groups in total. The van der Waals surface area contributed by atoms with Crippen molar-refractivity contribution >= 4 is 28.0 Å². The lowest BCUT2D eigenvalue weighted by Gasteiger charge is -2.14. The van der Waals surface area contributed by atoms with Crippen molar-refractivity contribution in [1.29, 1.82) is 0 Å². The number of carbonyl (C=O) groups excluding carboxylic acids is 1. The highest BCUT2D eigenvalue weighted by molar-refractivity contribution is 7.11. The summed E-state index contributed by atoms with van der Waals surface area (Å²) in [4.78, 5) is 18.0. The van der Waals surface area contributed by atoms with Gasteiger partial charge in [-0.3, -0.25) is 4.79 Å². The van der Waals surface area contributed by atoms with Gasteiger partial charge in [0.1, 0.15) is 0 Å². The summed E-state index contributed by atoms with van der Waals surface area (Å²) in [5, 5.41) is 11.1. The Labute approximate surface area is 174 Å². The van der Waals surface area contributed by atoms with Crippen LogP contribution in [0.25, 0.3) is 16.5 Å². The quantitative estimate of drug-likeness (QED) is 0.518. The first-order valence-electron chi connectivity index (χ1n) is 9.69. The molecule has 2 aromatic heterocycles. The molecule has 0 saturated heterocycles. The minimum absolute atomic E-state index is 0.00145. The minimum atomic E-state index is -0.124. The van der Waals surface area contributed by atoms with Crippen LogP contribution in [0.1, 0.15) is 39.8 Å². The number of fused-ring (bicyclic) bond motifs is 1. The van der Waals surface area contributed by atoms with Crippen LogP contribution in [0, 0.1) is 20.8 Å². The Bertz CT molecular complexity index is 1190. The van der Waals surface area contributed by atoms with Crippen molar-refractivity contribution in [3.8, 4) is 5.69 Å². The third kappa shape index (κ3) is 3.80. The molecule has 0 fully saturated rings. The number of thiazole rings is 1. The van der Waals surface area contributed by atoms with Crippen LogP contribution in [0.5, 0.6) is 0 Å². The summed E-state index contributed by atoms with van der Waals surface area (Å²) in [6.07, 6.45) is 2.21. The molecular weight excluding hydrogens is 380 g/mol. The normalized spacial score (nSPS) is 12.3. The first-order chi connectivity index (χ1) is 13.9. The number of benzene rings is 2. The number of hydrogen-bond donors (Lipinski definition) is 1. The Morgan fingerprint density at radius 1 is 1.14 bits per heavy atom. The van der Waals surface area contributed by atoms with Crippen LogP contribution >= 0.6 is 11.3 Å². The van der Waals surface area contributed by atoms with Crippen LogP contribution in [0.4, 0.5) is 0 Å². The zero-order chi connectivity index (χ0) is 20.5. The van der Waals surface area contributed by atoms with E-state index < -0.39 is 0 Å². The Morgan fingerprint density at radius 2 is 1.90 bits per heavy atom. The van der Waals surface area contributed by atoms with Gasteiger partial charge in [0.25, 0.3) is 0 Å². The molecule has 0 aliphatic carbocycles. The standard InChI is InChI=1S/C23H24N4OS/c1-14(26-23(28)12-22-15(2)25-17(4)29-22)20-13-24-27(16(20)3)21-11-7-9-18-8-5-6-10-19(18)21/h5-11,13-14H,12H2,1-4H3,(H,26,28)/t14-/m0/s1. The summed E-state index contributed by atoms with van der Waals surface area (Å²) in [6.45, 7) is 7.96. The van der Waals surface area contributed by atoms with Gasteiger partial charge in [0.2, 0.25) is 5.91 Å². The minimum Gasteiger partial charge on any atom is -0.349 e. The predicted octanol–water partition coefficient (Wildman–Crippen LogP) is 4.83. The molecule has 5 nitrogen and oxygen atoms in total. The number of amides is 1. The first-order valence-corrected chi connectivity index (χ1v) is 10.5. The molecular formula is C23H24N4OS. The molecule has 0 aliphatic heterocycles. The molecule has 0 spiro atoms. The summed E-state index contributed by atoms with van der Waals surface area (Å²) in [7, 11) is 0. The van der Waals surface area contributed by atoms with Gasteiger partial charge in [0, 0.05) is 21.5 Å². The van der Waals surface area contributed by atoms with Crippen molar-refractivity contribution in [3.05, 3.63) is 75.5 Å². The fraction of sp³-hybridized carbons (Fsp3) is 0.261. The number of rotatable bonds is 5. The zero-order valence-electron chi connectivity index (χ0n) is 17.1. The lowest BCUT2D eigenvalue weighted by Crippen LogP contribution is -2.28. The van der Waals surface area contributed by atoms with E-state index in [2.05, 4.69) is 39.7 Å². The molecule has 6 heteroatoms. The van der Waals surface area contributed by atoms with E-state index in [1.54, 1.807) is 11.3 Å². The Balaban J connectivity index is 1.56. The molecule has 0 saturated carbocycles. The lowest BCUT2D eigenvalue weighted by molar-refractivity contribution is -0.121. The maximum absolute atomic E-state index is 12.6. The Hall–Kier alpha value is -2.99. The summed E-state index contributed by atoms with van der Waals surface area (Å²) in [6, 6.07) is 14.4. The van der Waals surface area contributed by atoms with Crippen LogP contribution in [-0.4, -0.2) is 20.7 Å². The van der Waals surface area contributed by atoms with Gasteiger partial charge < -0.3 is 5.32 Å². The Morgan fingerprint density at radius 3 is 2.66 bits per heavy atom. The fourth-order valence-electron chi connectivity index (χ4n) is 3.74. The van der Waals surface area contributed by atoms with Gasteiger partial charge in [0.05, 0.1) is 35.0 Å². The van der Waals surface area contributed by atoms with Crippen molar-refractivity contribution in [1.82, 2.24) is 20.1 Å². The van der Waals surface area contributed by atoms with E-state index in [9.17, 15) is 4.79 Å². The SMILES string of the molecule is Cc1nc(C)c(CC(=O)N[C@@H](C)c2cnn(-c3cccc4ccccc34)c2C)s1. The molecule has 148 valence electrons. The van der Waals surface area contributed by atoms with E-state index in [-0.39, 0.29) is 11.9 Å². The largest absolute Gasteiger partial charge is 0.349 e. The van der Waals surface area contributed by atoms with E-state index in [0.717, 1.165) is 37.9 Å². The fourth-order valence-corrected chi connectivity index (χ4v) is 4.67. The Kier molecular flexibility index (Phi) is 5.20. The van der Waals surface area contributed by atoms with Crippen LogP contribution in [-0.2, 0) is 11.2 Å². The van der Waals surface area contributed by atoms with E-state index in [1.165, 1.54) is 5.39 Å². The smallest absolute Gasteiger partial charge is 0.225 e. The molecule has 1 amide bonds. The second-order valence-corrected chi connectivity index (χ2v) is 8.59. The number of hydrogen-bond acceptors (Lipinski definition) is 4. The van der Waals surface area contributed by atoms with Crippen LogP contribution < -0.4 is 5.32 Å². The third-order valence-corrected chi connectivity index (χ3v) is 6.28. The lowest BCUT2D eigenvalue weighted by atomic mass is 10.1. The highest BCUT2D eigenvalue weighted by atomic mass is 32.1. The molecule has 0 radical (unpaired) electrons. The van der Waals surface area contributed by atoms with Gasteiger partial charge in [-0.1, -0.05) is 36.4 Å². The summed E-state index contributed by atoms with van der Waals surface area (Å²) in [5.74, 6) is 0.00145. The topological polar surface area (TPSA) is 59.8 Å². The molecule has 2 heterocycles. The van der Waals surface area contributed by atoms with E-state index in [1.807, 2.05) is 56.8 Å². The second-order valence-electron chi connectivity index (χ2n) is 7.30. The second kappa shape index (κ2) is 7.79. The molecule has 0 bridgehead atoms. The van der Waals surface area contributed by atoms with Crippen LogP contribution in [0.3, 0.4) is 0 Å². The summed E-state index contributed by atoms with van der Waals surface area (Å²) in [5.41, 5.74) is 4.03. The van der Waals surface area contributed by atoms with E-state index in [0.29, 0.717) is 6.42 Å². The third-order valence-electron chi connectivity index (χ3n) is 5.21. The van der Waals surface area contributed by atoms with Crippen LogP contribution in [0.2, 0.25) is 0 Å². The summed E-state index contributed by atoms with van der Waals surface area (Å²) < 4.78 is 1.96. The van der Waals surface area contributed by atoms with Gasteiger partial charge in [-0.15, -0.1) is 11.3 Å². The van der Waals surface area contributed by atoms with Crippen molar-refractivity contribution in [2.24, 2.45) is 0 Å². The van der Waals surface area contributed by atoms with E-state index in [4.69, 9.17) is 0 Å². The van der Waals surface area contributed by atoms with Gasteiger partial charge in [-0.05, 0) is 39.1 Å².